The fourth-order valence-electron chi connectivity index (χ4n) is 3.17. The van der Waals surface area contributed by atoms with E-state index in [9.17, 15) is 4.79 Å². The summed E-state index contributed by atoms with van der Waals surface area (Å²) in [6.45, 7) is 8.46. The van der Waals surface area contributed by atoms with Gasteiger partial charge in [0.05, 0.1) is 32.5 Å². The summed E-state index contributed by atoms with van der Waals surface area (Å²) < 4.78 is 11.4. The van der Waals surface area contributed by atoms with E-state index in [1.165, 1.54) is 0 Å². The first-order valence-corrected chi connectivity index (χ1v) is 8.82. The molecule has 6 heteroatoms. The molecular weight excluding hydrogens is 328 g/mol. The number of amides is 1. The Hall–Kier alpha value is -1.14. The Morgan fingerprint density at radius 1 is 1.29 bits per heavy atom. The molecule has 1 amide bonds. The van der Waals surface area contributed by atoms with Crippen LogP contribution in [0.4, 0.5) is 0 Å². The van der Waals surface area contributed by atoms with Crippen LogP contribution in [0, 0.1) is 0 Å². The molecule has 2 saturated heterocycles. The van der Waals surface area contributed by atoms with Crippen LogP contribution in [0.1, 0.15) is 25.5 Å². The Morgan fingerprint density at radius 3 is 2.71 bits per heavy atom. The number of ether oxygens (including phenoxy) is 2. The lowest BCUT2D eigenvalue weighted by Gasteiger charge is -2.45. The van der Waals surface area contributed by atoms with Crippen LogP contribution >= 0.6 is 11.6 Å². The van der Waals surface area contributed by atoms with Crippen LogP contribution in [0.3, 0.4) is 0 Å². The molecule has 0 saturated carbocycles. The molecule has 1 aromatic carbocycles. The molecule has 1 atom stereocenters. The van der Waals surface area contributed by atoms with Gasteiger partial charge in [0, 0.05) is 35.8 Å². The zero-order chi connectivity index (χ0) is 17.2. The standard InChI is InChI=1S/C18H25ClN2O3/c1-18(2)13-24-16(14-5-3-4-6-15(14)19)11-21(18)12-17(22)20-7-9-23-10-8-20/h3-6,16H,7-13H2,1-2H3/t16-/m0/s1. The van der Waals surface area contributed by atoms with E-state index in [0.29, 0.717) is 51.0 Å². The highest BCUT2D eigenvalue weighted by atomic mass is 35.5. The highest BCUT2D eigenvalue weighted by molar-refractivity contribution is 6.31. The first-order valence-electron chi connectivity index (χ1n) is 8.44. The van der Waals surface area contributed by atoms with Crippen molar-refractivity contribution < 1.29 is 14.3 Å². The maximum Gasteiger partial charge on any atom is 0.236 e. The monoisotopic (exact) mass is 352 g/mol. The molecule has 2 aliphatic heterocycles. The number of hydrogen-bond acceptors (Lipinski definition) is 4. The second-order valence-electron chi connectivity index (χ2n) is 7.01. The minimum absolute atomic E-state index is 0.107. The van der Waals surface area contributed by atoms with E-state index < -0.39 is 0 Å². The van der Waals surface area contributed by atoms with Gasteiger partial charge >= 0.3 is 0 Å². The van der Waals surface area contributed by atoms with Crippen molar-refractivity contribution in [3.05, 3.63) is 34.9 Å². The van der Waals surface area contributed by atoms with Crippen molar-refractivity contribution in [2.45, 2.75) is 25.5 Å². The number of benzene rings is 1. The fourth-order valence-corrected chi connectivity index (χ4v) is 3.43. The van der Waals surface area contributed by atoms with Crippen molar-refractivity contribution in [3.8, 4) is 0 Å². The Kier molecular flexibility index (Phi) is 5.45. The van der Waals surface area contributed by atoms with E-state index in [4.69, 9.17) is 21.1 Å². The quantitative estimate of drug-likeness (QED) is 0.837. The van der Waals surface area contributed by atoms with Crippen molar-refractivity contribution in [3.63, 3.8) is 0 Å². The molecule has 0 N–H and O–H groups in total. The molecule has 1 aromatic rings. The predicted molar refractivity (Wildman–Crippen MR) is 93.2 cm³/mol. The van der Waals surface area contributed by atoms with Gasteiger partial charge in [-0.05, 0) is 19.9 Å². The molecule has 0 spiro atoms. The van der Waals surface area contributed by atoms with Crippen LogP contribution in [0.5, 0.6) is 0 Å². The predicted octanol–water partition coefficient (Wildman–Crippen LogP) is 2.35. The summed E-state index contributed by atoms with van der Waals surface area (Å²) in [4.78, 5) is 16.7. The Bertz CT molecular complexity index is 587. The highest BCUT2D eigenvalue weighted by Gasteiger charge is 2.37. The molecule has 0 aliphatic carbocycles. The first kappa shape index (κ1) is 17.7. The average molecular weight is 353 g/mol. The summed E-state index contributed by atoms with van der Waals surface area (Å²) >= 11 is 6.32. The number of rotatable bonds is 3. The van der Waals surface area contributed by atoms with Gasteiger partial charge in [0.2, 0.25) is 5.91 Å². The zero-order valence-corrected chi connectivity index (χ0v) is 15.1. The van der Waals surface area contributed by atoms with Crippen molar-refractivity contribution in [1.82, 2.24) is 9.80 Å². The van der Waals surface area contributed by atoms with E-state index >= 15 is 0 Å². The molecule has 2 fully saturated rings. The van der Waals surface area contributed by atoms with Gasteiger partial charge in [-0.15, -0.1) is 0 Å². The van der Waals surface area contributed by atoms with Gasteiger partial charge < -0.3 is 14.4 Å². The summed E-state index contributed by atoms with van der Waals surface area (Å²) in [5.74, 6) is 0.159. The topological polar surface area (TPSA) is 42.0 Å². The van der Waals surface area contributed by atoms with Gasteiger partial charge in [-0.2, -0.15) is 0 Å². The van der Waals surface area contributed by atoms with Gasteiger partial charge in [0.25, 0.3) is 0 Å². The summed E-state index contributed by atoms with van der Waals surface area (Å²) in [5.41, 5.74) is 0.804. The van der Waals surface area contributed by atoms with Crippen LogP contribution in [0.25, 0.3) is 0 Å². The van der Waals surface area contributed by atoms with Crippen molar-refractivity contribution in [2.75, 3.05) is 46.0 Å². The highest BCUT2D eigenvalue weighted by Crippen LogP contribution is 2.33. The largest absolute Gasteiger partial charge is 0.378 e. The summed E-state index contributed by atoms with van der Waals surface area (Å²) in [6.07, 6.45) is -0.107. The van der Waals surface area contributed by atoms with Crippen LogP contribution in [0.15, 0.2) is 24.3 Å². The lowest BCUT2D eigenvalue weighted by atomic mass is 9.98. The molecule has 0 unspecified atom stereocenters. The van der Waals surface area contributed by atoms with Gasteiger partial charge in [-0.25, -0.2) is 0 Å². The Labute approximate surface area is 148 Å². The molecule has 2 heterocycles. The van der Waals surface area contributed by atoms with Gasteiger partial charge in [-0.1, -0.05) is 29.8 Å². The minimum atomic E-state index is -0.181. The van der Waals surface area contributed by atoms with Gasteiger partial charge in [-0.3, -0.25) is 9.69 Å². The number of carbonyl (C=O) groups is 1. The molecule has 2 aliphatic rings. The average Bonchev–Trinajstić information content (AvgIpc) is 2.58. The SMILES string of the molecule is CC1(C)CO[C@H](c2ccccc2Cl)CN1CC(=O)N1CCOCC1. The van der Waals surface area contributed by atoms with Crippen molar-refractivity contribution in [2.24, 2.45) is 0 Å². The molecule has 0 radical (unpaired) electrons. The second-order valence-corrected chi connectivity index (χ2v) is 7.41. The van der Waals surface area contributed by atoms with Crippen LogP contribution in [0.2, 0.25) is 5.02 Å². The molecular formula is C18H25ClN2O3. The molecule has 5 nitrogen and oxygen atoms in total. The van der Waals surface area contributed by atoms with E-state index in [-0.39, 0.29) is 17.6 Å². The first-order chi connectivity index (χ1) is 11.5. The second kappa shape index (κ2) is 7.40. The lowest BCUT2D eigenvalue weighted by molar-refractivity contribution is -0.145. The number of morpholine rings is 2. The maximum absolute atomic E-state index is 12.6. The van der Waals surface area contributed by atoms with E-state index in [1.807, 2.05) is 29.2 Å². The van der Waals surface area contributed by atoms with Gasteiger partial charge in [0.1, 0.15) is 0 Å². The maximum atomic E-state index is 12.6. The van der Waals surface area contributed by atoms with Crippen LogP contribution in [-0.2, 0) is 14.3 Å². The Balaban J connectivity index is 1.70. The third-order valence-corrected chi connectivity index (χ3v) is 5.17. The zero-order valence-electron chi connectivity index (χ0n) is 14.3. The molecule has 24 heavy (non-hydrogen) atoms. The summed E-state index contributed by atoms with van der Waals surface area (Å²) in [6, 6.07) is 7.75. The van der Waals surface area contributed by atoms with E-state index in [2.05, 4.69) is 18.7 Å². The molecule has 132 valence electrons. The fraction of sp³-hybridized carbons (Fsp3) is 0.611. The molecule has 0 aromatic heterocycles. The lowest BCUT2D eigenvalue weighted by Crippen LogP contribution is -2.57. The number of halogens is 1. The smallest absolute Gasteiger partial charge is 0.236 e. The number of hydrogen-bond donors (Lipinski definition) is 0. The minimum Gasteiger partial charge on any atom is -0.378 e. The van der Waals surface area contributed by atoms with E-state index in [0.717, 1.165) is 5.56 Å². The van der Waals surface area contributed by atoms with Crippen LogP contribution in [-0.4, -0.2) is 67.2 Å². The van der Waals surface area contributed by atoms with Crippen LogP contribution < -0.4 is 0 Å². The Morgan fingerprint density at radius 2 is 2.00 bits per heavy atom. The third-order valence-electron chi connectivity index (χ3n) is 4.82. The summed E-state index contributed by atoms with van der Waals surface area (Å²) in [5, 5.41) is 0.710. The summed E-state index contributed by atoms with van der Waals surface area (Å²) in [7, 11) is 0. The third kappa shape index (κ3) is 3.91. The molecule has 3 rings (SSSR count). The normalized spacial score (nSPS) is 24.8. The van der Waals surface area contributed by atoms with Crippen molar-refractivity contribution in [1.29, 1.82) is 0 Å². The van der Waals surface area contributed by atoms with E-state index in [1.54, 1.807) is 0 Å². The number of carbonyl (C=O) groups excluding carboxylic acids is 1. The van der Waals surface area contributed by atoms with Crippen molar-refractivity contribution >= 4 is 17.5 Å². The van der Waals surface area contributed by atoms with Gasteiger partial charge in [0.15, 0.2) is 0 Å². The molecule has 0 bridgehead atoms. The number of nitrogens with zero attached hydrogens (tertiary/aromatic N) is 2.